The van der Waals surface area contributed by atoms with Gasteiger partial charge in [0.1, 0.15) is 0 Å². The van der Waals surface area contributed by atoms with Crippen molar-refractivity contribution in [2.24, 2.45) is 0 Å². The molecule has 1 aliphatic rings. The summed E-state index contributed by atoms with van der Waals surface area (Å²) in [5.41, 5.74) is 0.961. The lowest BCUT2D eigenvalue weighted by Gasteiger charge is -2.31. The van der Waals surface area contributed by atoms with Gasteiger partial charge in [0.15, 0.2) is 5.76 Å². The molecule has 1 aliphatic heterocycles. The molecule has 0 saturated carbocycles. The molecule has 1 saturated heterocycles. The summed E-state index contributed by atoms with van der Waals surface area (Å²) in [4.78, 5) is 2.36. The number of morpholine rings is 1. The first-order chi connectivity index (χ1) is 8.31. The van der Waals surface area contributed by atoms with Crippen LogP contribution in [0.1, 0.15) is 24.8 Å². The van der Waals surface area contributed by atoms with Gasteiger partial charge in [-0.05, 0) is 13.5 Å². The smallest absolute Gasteiger partial charge is 0.151 e. The number of nitrogens with zero attached hydrogens (tertiary/aromatic N) is 2. The Morgan fingerprint density at radius 2 is 2.47 bits per heavy atom. The van der Waals surface area contributed by atoms with Crippen molar-refractivity contribution in [1.82, 2.24) is 15.4 Å². The van der Waals surface area contributed by atoms with Gasteiger partial charge in [-0.3, -0.25) is 4.90 Å². The summed E-state index contributed by atoms with van der Waals surface area (Å²) in [6.45, 7) is 6.52. The predicted molar refractivity (Wildman–Crippen MR) is 64.6 cm³/mol. The Hall–Kier alpha value is -0.910. The van der Waals surface area contributed by atoms with Crippen LogP contribution in [0.15, 0.2) is 10.6 Å². The molecule has 96 valence electrons. The number of rotatable bonds is 5. The van der Waals surface area contributed by atoms with Gasteiger partial charge in [-0.25, -0.2) is 0 Å². The third-order valence-corrected chi connectivity index (χ3v) is 3.02. The van der Waals surface area contributed by atoms with Crippen LogP contribution in [0.2, 0.25) is 0 Å². The topological polar surface area (TPSA) is 50.5 Å². The van der Waals surface area contributed by atoms with Crippen molar-refractivity contribution in [3.8, 4) is 0 Å². The number of hydrogen-bond acceptors (Lipinski definition) is 5. The van der Waals surface area contributed by atoms with E-state index in [1.54, 1.807) is 0 Å². The van der Waals surface area contributed by atoms with Crippen molar-refractivity contribution in [3.63, 3.8) is 0 Å². The van der Waals surface area contributed by atoms with Gasteiger partial charge in [0.25, 0.3) is 0 Å². The maximum Gasteiger partial charge on any atom is 0.151 e. The first-order valence-corrected chi connectivity index (χ1v) is 6.24. The summed E-state index contributed by atoms with van der Waals surface area (Å²) >= 11 is 0. The Bertz CT molecular complexity index is 340. The molecular weight excluding hydrogens is 218 g/mol. The van der Waals surface area contributed by atoms with E-state index < -0.39 is 0 Å². The number of aromatic nitrogens is 1. The van der Waals surface area contributed by atoms with Crippen LogP contribution in [0.3, 0.4) is 0 Å². The summed E-state index contributed by atoms with van der Waals surface area (Å²) < 4.78 is 11.0. The van der Waals surface area contributed by atoms with Crippen LogP contribution in [-0.2, 0) is 17.8 Å². The molecule has 0 aromatic carbocycles. The van der Waals surface area contributed by atoms with Crippen LogP contribution in [0, 0.1) is 0 Å². The van der Waals surface area contributed by atoms with Crippen molar-refractivity contribution in [3.05, 3.63) is 17.5 Å². The zero-order chi connectivity index (χ0) is 12.1. The fourth-order valence-corrected chi connectivity index (χ4v) is 2.09. The standard InChI is InChI=1S/C12H21N3O2/c1-3-11-8-15(4-5-16-11)9-12-6-10(7-13-2)14-17-12/h6,11,13H,3-5,7-9H2,1-2H3. The molecule has 0 amide bonds. The molecule has 1 atom stereocenters. The van der Waals surface area contributed by atoms with Gasteiger partial charge in [-0.15, -0.1) is 0 Å². The van der Waals surface area contributed by atoms with Crippen molar-refractivity contribution in [2.75, 3.05) is 26.7 Å². The minimum absolute atomic E-state index is 0.364. The van der Waals surface area contributed by atoms with Crippen molar-refractivity contribution >= 4 is 0 Å². The second-order valence-corrected chi connectivity index (χ2v) is 4.45. The third-order valence-electron chi connectivity index (χ3n) is 3.02. The lowest BCUT2D eigenvalue weighted by atomic mass is 10.2. The molecule has 2 heterocycles. The van der Waals surface area contributed by atoms with Crippen LogP contribution < -0.4 is 5.32 Å². The molecule has 1 aromatic heterocycles. The van der Waals surface area contributed by atoms with Crippen molar-refractivity contribution in [2.45, 2.75) is 32.5 Å². The van der Waals surface area contributed by atoms with Gasteiger partial charge >= 0.3 is 0 Å². The van der Waals surface area contributed by atoms with Crippen LogP contribution in [0.5, 0.6) is 0 Å². The zero-order valence-corrected chi connectivity index (χ0v) is 10.6. The van der Waals surface area contributed by atoms with E-state index in [1.165, 1.54) is 0 Å². The first-order valence-electron chi connectivity index (χ1n) is 6.24. The number of ether oxygens (including phenoxy) is 1. The Morgan fingerprint density at radius 1 is 1.59 bits per heavy atom. The van der Waals surface area contributed by atoms with Gasteiger partial charge < -0.3 is 14.6 Å². The SMILES string of the molecule is CCC1CN(Cc2cc(CNC)no2)CCO1. The van der Waals surface area contributed by atoms with Gasteiger partial charge in [-0.1, -0.05) is 12.1 Å². The predicted octanol–water partition coefficient (Wildman–Crippen LogP) is 1.00. The number of hydrogen-bond donors (Lipinski definition) is 1. The summed E-state index contributed by atoms with van der Waals surface area (Å²) in [5, 5.41) is 7.08. The Morgan fingerprint density at radius 3 is 3.24 bits per heavy atom. The van der Waals surface area contributed by atoms with E-state index in [9.17, 15) is 0 Å². The average molecular weight is 239 g/mol. The molecule has 5 heteroatoms. The Balaban J connectivity index is 1.86. The second-order valence-electron chi connectivity index (χ2n) is 4.45. The van der Waals surface area contributed by atoms with Crippen LogP contribution in [0.4, 0.5) is 0 Å². The van der Waals surface area contributed by atoms with Gasteiger partial charge in [0, 0.05) is 25.7 Å². The third kappa shape index (κ3) is 3.52. The van der Waals surface area contributed by atoms with Crippen LogP contribution >= 0.6 is 0 Å². The average Bonchev–Trinajstić information content (AvgIpc) is 2.77. The highest BCUT2D eigenvalue weighted by Gasteiger charge is 2.20. The maximum atomic E-state index is 5.64. The van der Waals surface area contributed by atoms with E-state index in [0.717, 1.165) is 50.7 Å². The molecule has 1 aromatic rings. The number of nitrogens with one attached hydrogen (secondary N) is 1. The lowest BCUT2D eigenvalue weighted by molar-refractivity contribution is -0.0346. The Labute approximate surface area is 102 Å². The first kappa shape index (κ1) is 12.5. The lowest BCUT2D eigenvalue weighted by Crippen LogP contribution is -2.41. The van der Waals surface area contributed by atoms with Gasteiger partial charge in [0.05, 0.1) is 24.9 Å². The highest BCUT2D eigenvalue weighted by Crippen LogP contribution is 2.13. The highest BCUT2D eigenvalue weighted by molar-refractivity contribution is 5.05. The molecule has 1 unspecified atom stereocenters. The van der Waals surface area contributed by atoms with E-state index in [-0.39, 0.29) is 0 Å². The molecule has 17 heavy (non-hydrogen) atoms. The summed E-state index contributed by atoms with van der Waals surface area (Å²) in [6.07, 6.45) is 1.43. The van der Waals surface area contributed by atoms with E-state index >= 15 is 0 Å². The maximum absolute atomic E-state index is 5.64. The molecule has 2 rings (SSSR count). The van der Waals surface area contributed by atoms with E-state index in [2.05, 4.69) is 22.3 Å². The van der Waals surface area contributed by atoms with Crippen molar-refractivity contribution in [1.29, 1.82) is 0 Å². The molecule has 0 bridgehead atoms. The molecule has 5 nitrogen and oxygen atoms in total. The minimum Gasteiger partial charge on any atom is -0.376 e. The van der Waals surface area contributed by atoms with Crippen molar-refractivity contribution < 1.29 is 9.26 Å². The fraction of sp³-hybridized carbons (Fsp3) is 0.750. The largest absolute Gasteiger partial charge is 0.376 e. The minimum atomic E-state index is 0.364. The monoisotopic (exact) mass is 239 g/mol. The van der Waals surface area contributed by atoms with E-state index in [0.29, 0.717) is 6.10 Å². The molecule has 0 aliphatic carbocycles. The second kappa shape index (κ2) is 6.14. The summed E-state index contributed by atoms with van der Waals surface area (Å²) in [5.74, 6) is 0.937. The van der Waals surface area contributed by atoms with Gasteiger partial charge in [0.2, 0.25) is 0 Å². The van der Waals surface area contributed by atoms with E-state index in [1.807, 2.05) is 13.1 Å². The molecule has 1 fully saturated rings. The highest BCUT2D eigenvalue weighted by atomic mass is 16.5. The Kier molecular flexibility index (Phi) is 4.53. The molecular formula is C12H21N3O2. The summed E-state index contributed by atoms with van der Waals surface area (Å²) in [7, 11) is 1.90. The quantitative estimate of drug-likeness (QED) is 0.831. The summed E-state index contributed by atoms with van der Waals surface area (Å²) in [6, 6.07) is 2.02. The van der Waals surface area contributed by atoms with Crippen LogP contribution in [-0.4, -0.2) is 42.9 Å². The van der Waals surface area contributed by atoms with E-state index in [4.69, 9.17) is 9.26 Å². The van der Waals surface area contributed by atoms with Gasteiger partial charge in [-0.2, -0.15) is 0 Å². The van der Waals surface area contributed by atoms with Crippen LogP contribution in [0.25, 0.3) is 0 Å². The molecule has 0 spiro atoms. The molecule has 1 N–H and O–H groups in total. The fourth-order valence-electron chi connectivity index (χ4n) is 2.09. The normalized spacial score (nSPS) is 21.9. The zero-order valence-electron chi connectivity index (χ0n) is 10.6. The molecule has 0 radical (unpaired) electrons.